The van der Waals surface area contributed by atoms with Crippen LogP contribution in [0.3, 0.4) is 0 Å². The summed E-state index contributed by atoms with van der Waals surface area (Å²) < 4.78 is 8.43. The molecule has 1 aliphatic rings. The molecule has 0 spiro atoms. The third-order valence-electron chi connectivity index (χ3n) is 4.03. The van der Waals surface area contributed by atoms with E-state index >= 15 is 0 Å². The fourth-order valence-corrected chi connectivity index (χ4v) is 3.46. The monoisotopic (exact) mass is 296 g/mol. The van der Waals surface area contributed by atoms with Gasteiger partial charge in [-0.15, -0.1) is 0 Å². The van der Waals surface area contributed by atoms with Crippen LogP contribution in [-0.2, 0) is 4.74 Å². The van der Waals surface area contributed by atoms with Crippen molar-refractivity contribution in [2.45, 2.75) is 25.8 Å². The van der Waals surface area contributed by atoms with Gasteiger partial charge in [-0.2, -0.15) is 0 Å². The SMILES string of the molecule is CC(C1CCOCC1)n1c(=S)[nH]c2cc(Cl)ccc21. The van der Waals surface area contributed by atoms with Crippen LogP contribution in [0.25, 0.3) is 11.0 Å². The maximum atomic E-state index is 6.03. The first-order valence-electron chi connectivity index (χ1n) is 6.64. The Morgan fingerprint density at radius 3 is 2.89 bits per heavy atom. The van der Waals surface area contributed by atoms with E-state index in [1.807, 2.05) is 18.2 Å². The second-order valence-electron chi connectivity index (χ2n) is 5.15. The topological polar surface area (TPSA) is 29.9 Å². The van der Waals surface area contributed by atoms with Crippen LogP contribution in [0.1, 0.15) is 25.8 Å². The zero-order chi connectivity index (χ0) is 13.4. The minimum atomic E-state index is 0.381. The number of H-pyrrole nitrogens is 1. The lowest BCUT2D eigenvalue weighted by Crippen LogP contribution is -2.24. The number of nitrogens with zero attached hydrogens (tertiary/aromatic N) is 1. The maximum absolute atomic E-state index is 6.03. The Morgan fingerprint density at radius 2 is 2.16 bits per heavy atom. The molecule has 0 radical (unpaired) electrons. The van der Waals surface area contributed by atoms with Gasteiger partial charge in [0.05, 0.1) is 11.0 Å². The lowest BCUT2D eigenvalue weighted by Gasteiger charge is -2.29. The number of rotatable bonds is 2. The number of aromatic nitrogens is 2. The van der Waals surface area contributed by atoms with E-state index in [1.165, 1.54) is 0 Å². The summed E-state index contributed by atoms with van der Waals surface area (Å²) in [4.78, 5) is 3.25. The van der Waals surface area contributed by atoms with Crippen molar-refractivity contribution in [2.24, 2.45) is 5.92 Å². The van der Waals surface area contributed by atoms with Crippen molar-refractivity contribution in [1.82, 2.24) is 9.55 Å². The largest absolute Gasteiger partial charge is 0.381 e. The van der Waals surface area contributed by atoms with Crippen molar-refractivity contribution in [3.05, 3.63) is 28.0 Å². The number of halogens is 1. The summed E-state index contributed by atoms with van der Waals surface area (Å²) in [7, 11) is 0. The number of nitrogens with one attached hydrogen (secondary N) is 1. The molecule has 1 aromatic carbocycles. The lowest BCUT2D eigenvalue weighted by atomic mass is 9.92. The van der Waals surface area contributed by atoms with Crippen LogP contribution in [0, 0.1) is 10.7 Å². The molecular formula is C14H17ClN2OS. The van der Waals surface area contributed by atoms with Crippen molar-refractivity contribution in [3.63, 3.8) is 0 Å². The molecule has 2 aromatic rings. The molecule has 3 nitrogen and oxygen atoms in total. The number of benzene rings is 1. The molecule has 1 unspecified atom stereocenters. The van der Waals surface area contributed by atoms with E-state index in [4.69, 9.17) is 28.6 Å². The van der Waals surface area contributed by atoms with E-state index in [0.717, 1.165) is 46.9 Å². The molecular weight excluding hydrogens is 280 g/mol. The van der Waals surface area contributed by atoms with Crippen LogP contribution < -0.4 is 0 Å². The highest BCUT2D eigenvalue weighted by Gasteiger charge is 2.23. The van der Waals surface area contributed by atoms with Crippen molar-refractivity contribution in [1.29, 1.82) is 0 Å². The summed E-state index contributed by atoms with van der Waals surface area (Å²) in [5.41, 5.74) is 2.14. The molecule has 1 aromatic heterocycles. The highest BCUT2D eigenvalue weighted by Crippen LogP contribution is 2.31. The molecule has 0 saturated carbocycles. The van der Waals surface area contributed by atoms with Gasteiger partial charge in [0, 0.05) is 24.3 Å². The number of ether oxygens (including phenoxy) is 1. The van der Waals surface area contributed by atoms with Gasteiger partial charge >= 0.3 is 0 Å². The van der Waals surface area contributed by atoms with E-state index in [9.17, 15) is 0 Å². The predicted molar refractivity (Wildman–Crippen MR) is 80.4 cm³/mol. The molecule has 0 bridgehead atoms. The van der Waals surface area contributed by atoms with Gasteiger partial charge in [-0.1, -0.05) is 11.6 Å². The van der Waals surface area contributed by atoms with Crippen LogP contribution in [-0.4, -0.2) is 22.8 Å². The van der Waals surface area contributed by atoms with Crippen molar-refractivity contribution in [2.75, 3.05) is 13.2 Å². The Kier molecular flexibility index (Phi) is 3.65. The summed E-state index contributed by atoms with van der Waals surface area (Å²) in [6, 6.07) is 6.27. The van der Waals surface area contributed by atoms with Crippen LogP contribution >= 0.6 is 23.8 Å². The second-order valence-corrected chi connectivity index (χ2v) is 5.98. The Morgan fingerprint density at radius 1 is 1.42 bits per heavy atom. The van der Waals surface area contributed by atoms with Gasteiger partial charge in [0.2, 0.25) is 0 Å². The Balaban J connectivity index is 2.03. The number of imidazole rings is 1. The molecule has 1 atom stereocenters. The third-order valence-corrected chi connectivity index (χ3v) is 4.57. The molecule has 0 amide bonds. The second kappa shape index (κ2) is 5.27. The van der Waals surface area contributed by atoms with Crippen molar-refractivity contribution < 1.29 is 4.74 Å². The Labute approximate surface area is 122 Å². The number of hydrogen-bond acceptors (Lipinski definition) is 2. The molecule has 1 fully saturated rings. The smallest absolute Gasteiger partial charge is 0.178 e. The standard InChI is InChI=1S/C14H17ClN2OS/c1-9(10-4-6-18-7-5-10)17-13-3-2-11(15)8-12(13)16-14(17)19/h2-3,8-10H,4-7H2,1H3,(H,16,19). The van der Waals surface area contributed by atoms with E-state index in [1.54, 1.807) is 0 Å². The molecule has 102 valence electrons. The van der Waals surface area contributed by atoms with Crippen LogP contribution in [0.5, 0.6) is 0 Å². The third kappa shape index (κ3) is 2.45. The first kappa shape index (κ1) is 13.2. The van der Waals surface area contributed by atoms with Gasteiger partial charge in [0.25, 0.3) is 0 Å². The Bertz CT molecular complexity index is 642. The lowest BCUT2D eigenvalue weighted by molar-refractivity contribution is 0.0517. The van der Waals surface area contributed by atoms with Crippen molar-refractivity contribution in [3.8, 4) is 0 Å². The summed E-state index contributed by atoms with van der Waals surface area (Å²) in [6.07, 6.45) is 2.20. The first-order valence-corrected chi connectivity index (χ1v) is 7.43. The molecule has 3 rings (SSSR count). The zero-order valence-corrected chi connectivity index (χ0v) is 12.4. The Hall–Kier alpha value is -0.840. The highest BCUT2D eigenvalue weighted by atomic mass is 35.5. The molecule has 2 heterocycles. The van der Waals surface area contributed by atoms with Crippen molar-refractivity contribution >= 4 is 34.9 Å². The molecule has 19 heavy (non-hydrogen) atoms. The van der Waals surface area contributed by atoms with E-state index in [-0.39, 0.29) is 0 Å². The minimum absolute atomic E-state index is 0.381. The number of hydrogen-bond donors (Lipinski definition) is 1. The van der Waals surface area contributed by atoms with Gasteiger partial charge in [0.1, 0.15) is 0 Å². The average Bonchev–Trinajstić information content (AvgIpc) is 2.74. The van der Waals surface area contributed by atoms with E-state index in [2.05, 4.69) is 16.5 Å². The summed E-state index contributed by atoms with van der Waals surface area (Å²) in [5, 5.41) is 0.731. The average molecular weight is 297 g/mol. The number of fused-ring (bicyclic) bond motifs is 1. The zero-order valence-electron chi connectivity index (χ0n) is 10.9. The van der Waals surface area contributed by atoms with Gasteiger partial charge in [-0.05, 0) is 56.1 Å². The van der Waals surface area contributed by atoms with E-state index < -0.39 is 0 Å². The fourth-order valence-electron chi connectivity index (χ4n) is 2.92. The summed E-state index contributed by atoms with van der Waals surface area (Å²) in [5.74, 6) is 0.620. The van der Waals surface area contributed by atoms with Crippen LogP contribution in [0.2, 0.25) is 5.02 Å². The fraction of sp³-hybridized carbons (Fsp3) is 0.500. The van der Waals surface area contributed by atoms with Crippen LogP contribution in [0.4, 0.5) is 0 Å². The van der Waals surface area contributed by atoms with Crippen LogP contribution in [0.15, 0.2) is 18.2 Å². The molecule has 1 saturated heterocycles. The van der Waals surface area contributed by atoms with Gasteiger partial charge in [-0.25, -0.2) is 0 Å². The molecule has 1 aliphatic heterocycles. The van der Waals surface area contributed by atoms with E-state index in [0.29, 0.717) is 12.0 Å². The highest BCUT2D eigenvalue weighted by molar-refractivity contribution is 7.71. The molecule has 0 aliphatic carbocycles. The van der Waals surface area contributed by atoms with Gasteiger partial charge in [0.15, 0.2) is 4.77 Å². The first-order chi connectivity index (χ1) is 9.16. The normalized spacial score (nSPS) is 18.8. The van der Waals surface area contributed by atoms with Gasteiger partial charge in [-0.3, -0.25) is 0 Å². The predicted octanol–water partition coefficient (Wildman–Crippen LogP) is 4.34. The summed E-state index contributed by atoms with van der Waals surface area (Å²) >= 11 is 11.5. The summed E-state index contributed by atoms with van der Waals surface area (Å²) in [6.45, 7) is 3.96. The maximum Gasteiger partial charge on any atom is 0.178 e. The van der Waals surface area contributed by atoms with Gasteiger partial charge < -0.3 is 14.3 Å². The minimum Gasteiger partial charge on any atom is -0.381 e. The molecule has 5 heteroatoms. The quantitative estimate of drug-likeness (QED) is 0.836. The number of aromatic amines is 1. The molecule has 1 N–H and O–H groups in total.